The lowest BCUT2D eigenvalue weighted by Crippen LogP contribution is -1.98. The molecule has 1 rings (SSSR count). The van der Waals surface area contributed by atoms with Crippen molar-refractivity contribution in [1.82, 2.24) is 0 Å². The summed E-state index contributed by atoms with van der Waals surface area (Å²) in [5.41, 5.74) is 0.966. The molecule has 0 fully saturated rings. The molecule has 4 heteroatoms. The van der Waals surface area contributed by atoms with Crippen LogP contribution < -0.4 is 0 Å². The first kappa shape index (κ1) is 11.6. The van der Waals surface area contributed by atoms with E-state index < -0.39 is 5.97 Å². The summed E-state index contributed by atoms with van der Waals surface area (Å²) in [6.45, 7) is 1.77. The third-order valence-electron chi connectivity index (χ3n) is 1.97. The highest BCUT2D eigenvalue weighted by molar-refractivity contribution is 6.32. The van der Waals surface area contributed by atoms with Crippen LogP contribution >= 0.6 is 11.6 Å². The maximum Gasteiger partial charge on any atom is 0.331 e. The van der Waals surface area contributed by atoms with Crippen molar-refractivity contribution in [3.63, 3.8) is 0 Å². The number of hydrogen-bond donors (Lipinski definition) is 2. The third-order valence-corrected chi connectivity index (χ3v) is 2.27. The van der Waals surface area contributed by atoms with Crippen molar-refractivity contribution in [1.29, 1.82) is 0 Å². The Kier molecular flexibility index (Phi) is 3.74. The fourth-order valence-corrected chi connectivity index (χ4v) is 1.32. The second kappa shape index (κ2) is 4.84. The Hall–Kier alpha value is -1.48. The summed E-state index contributed by atoms with van der Waals surface area (Å²) in [5, 5.41) is 18.2. The number of halogens is 1. The van der Waals surface area contributed by atoms with E-state index >= 15 is 0 Å². The molecule has 0 aromatic heterocycles. The van der Waals surface area contributed by atoms with Crippen LogP contribution in [0.4, 0.5) is 0 Å². The number of benzene rings is 1. The first-order valence-corrected chi connectivity index (χ1v) is 4.84. The Labute approximate surface area is 92.6 Å². The quantitative estimate of drug-likeness (QED) is 0.780. The molecule has 0 bridgehead atoms. The molecule has 15 heavy (non-hydrogen) atoms. The number of hydrogen-bond acceptors (Lipinski definition) is 2. The van der Waals surface area contributed by atoms with E-state index in [1.807, 2.05) is 0 Å². The van der Waals surface area contributed by atoms with E-state index in [1.54, 1.807) is 13.0 Å². The van der Waals surface area contributed by atoms with Gasteiger partial charge in [-0.2, -0.15) is 0 Å². The monoisotopic (exact) mass is 226 g/mol. The van der Waals surface area contributed by atoms with E-state index in [-0.39, 0.29) is 10.8 Å². The van der Waals surface area contributed by atoms with Gasteiger partial charge in [0.25, 0.3) is 0 Å². The molecule has 0 saturated carbocycles. The largest absolute Gasteiger partial charge is 0.506 e. The van der Waals surface area contributed by atoms with Crippen LogP contribution in [-0.4, -0.2) is 16.2 Å². The Bertz CT molecular complexity index is 410. The molecule has 0 aliphatic carbocycles. The van der Waals surface area contributed by atoms with Gasteiger partial charge in [0.05, 0.1) is 5.02 Å². The van der Waals surface area contributed by atoms with Crippen molar-refractivity contribution in [3.05, 3.63) is 34.4 Å². The van der Waals surface area contributed by atoms with Gasteiger partial charge >= 0.3 is 5.97 Å². The van der Waals surface area contributed by atoms with Crippen LogP contribution in [0.3, 0.4) is 0 Å². The number of carboxylic acids is 1. The number of aliphatic carboxylic acids is 1. The standard InChI is InChI=1S/C11H11ClO3/c1-2-8(11(14)15)5-7-3-4-10(13)9(12)6-7/h3-6,13H,2H2,1H3,(H,14,15). The van der Waals surface area contributed by atoms with Crippen molar-refractivity contribution in [2.24, 2.45) is 0 Å². The van der Waals surface area contributed by atoms with Crippen molar-refractivity contribution in [2.45, 2.75) is 13.3 Å². The second-order valence-corrected chi connectivity index (χ2v) is 3.45. The molecule has 0 aliphatic rings. The van der Waals surface area contributed by atoms with Crippen molar-refractivity contribution in [2.75, 3.05) is 0 Å². The fraction of sp³-hybridized carbons (Fsp3) is 0.182. The first-order valence-electron chi connectivity index (χ1n) is 4.47. The maximum absolute atomic E-state index is 10.7. The maximum atomic E-state index is 10.7. The summed E-state index contributed by atoms with van der Waals surface area (Å²) in [7, 11) is 0. The average Bonchev–Trinajstić information content (AvgIpc) is 2.19. The Morgan fingerprint density at radius 1 is 1.53 bits per heavy atom. The van der Waals surface area contributed by atoms with Crippen molar-refractivity contribution in [3.8, 4) is 5.75 Å². The normalized spacial score (nSPS) is 11.5. The van der Waals surface area contributed by atoms with Crippen LogP contribution in [0.15, 0.2) is 23.8 Å². The Morgan fingerprint density at radius 3 is 2.67 bits per heavy atom. The van der Waals surface area contributed by atoms with E-state index in [0.29, 0.717) is 17.6 Å². The second-order valence-electron chi connectivity index (χ2n) is 3.04. The van der Waals surface area contributed by atoms with Gasteiger partial charge in [0.1, 0.15) is 5.75 Å². The predicted octanol–water partition coefficient (Wildman–Crippen LogP) is 2.92. The van der Waals surface area contributed by atoms with E-state index in [9.17, 15) is 9.90 Å². The number of phenolic OH excluding ortho intramolecular Hbond substituents is 1. The average molecular weight is 227 g/mol. The van der Waals surface area contributed by atoms with Gasteiger partial charge in [-0.05, 0) is 30.2 Å². The van der Waals surface area contributed by atoms with Crippen LogP contribution in [0.25, 0.3) is 6.08 Å². The summed E-state index contributed by atoms with van der Waals surface area (Å²) in [6.07, 6.45) is 1.97. The minimum atomic E-state index is -0.943. The van der Waals surface area contributed by atoms with Gasteiger partial charge in [-0.15, -0.1) is 0 Å². The Morgan fingerprint density at radius 2 is 2.20 bits per heavy atom. The fourth-order valence-electron chi connectivity index (χ4n) is 1.13. The van der Waals surface area contributed by atoms with Crippen LogP contribution in [0.2, 0.25) is 5.02 Å². The van der Waals surface area contributed by atoms with Gasteiger partial charge in [-0.3, -0.25) is 0 Å². The lowest BCUT2D eigenvalue weighted by molar-refractivity contribution is -0.132. The number of aromatic hydroxyl groups is 1. The molecule has 1 aromatic rings. The summed E-state index contributed by atoms with van der Waals surface area (Å²) in [5.74, 6) is -0.955. The van der Waals surface area contributed by atoms with Crippen LogP contribution in [-0.2, 0) is 4.79 Å². The molecule has 0 atom stereocenters. The van der Waals surface area contributed by atoms with Gasteiger partial charge in [0.2, 0.25) is 0 Å². The highest BCUT2D eigenvalue weighted by Gasteiger charge is 2.05. The summed E-state index contributed by atoms with van der Waals surface area (Å²) < 4.78 is 0. The summed E-state index contributed by atoms with van der Waals surface area (Å²) in [6, 6.07) is 4.57. The smallest absolute Gasteiger partial charge is 0.331 e. The lowest BCUT2D eigenvalue weighted by atomic mass is 10.1. The number of carboxylic acid groups (broad SMARTS) is 1. The molecule has 0 heterocycles. The van der Waals surface area contributed by atoms with Crippen LogP contribution in [0.5, 0.6) is 5.75 Å². The van der Waals surface area contributed by atoms with E-state index in [1.165, 1.54) is 18.2 Å². The van der Waals surface area contributed by atoms with Crippen LogP contribution in [0.1, 0.15) is 18.9 Å². The number of phenols is 1. The molecule has 0 radical (unpaired) electrons. The number of rotatable bonds is 3. The molecule has 0 amide bonds. The molecule has 0 aliphatic heterocycles. The zero-order chi connectivity index (χ0) is 11.4. The first-order chi connectivity index (χ1) is 7.04. The summed E-state index contributed by atoms with van der Waals surface area (Å²) >= 11 is 5.69. The lowest BCUT2D eigenvalue weighted by Gasteiger charge is -2.00. The highest BCUT2D eigenvalue weighted by atomic mass is 35.5. The predicted molar refractivity (Wildman–Crippen MR) is 59.0 cm³/mol. The minimum Gasteiger partial charge on any atom is -0.506 e. The van der Waals surface area contributed by atoms with Gasteiger partial charge < -0.3 is 10.2 Å². The Balaban J connectivity index is 3.07. The zero-order valence-corrected chi connectivity index (χ0v) is 8.95. The minimum absolute atomic E-state index is 0.0119. The van der Waals surface area contributed by atoms with E-state index in [4.69, 9.17) is 16.7 Å². The SMILES string of the molecule is CCC(=Cc1ccc(O)c(Cl)c1)C(=O)O. The third kappa shape index (κ3) is 2.99. The molecular formula is C11H11ClO3. The molecule has 0 unspecified atom stereocenters. The van der Waals surface area contributed by atoms with Gasteiger partial charge in [0, 0.05) is 5.57 Å². The van der Waals surface area contributed by atoms with Gasteiger partial charge in [0.15, 0.2) is 0 Å². The summed E-state index contributed by atoms with van der Waals surface area (Å²) in [4.78, 5) is 10.7. The van der Waals surface area contributed by atoms with Crippen molar-refractivity contribution >= 4 is 23.6 Å². The molecule has 0 spiro atoms. The molecule has 80 valence electrons. The van der Waals surface area contributed by atoms with Crippen molar-refractivity contribution < 1.29 is 15.0 Å². The van der Waals surface area contributed by atoms with E-state index in [0.717, 1.165) is 0 Å². The highest BCUT2D eigenvalue weighted by Crippen LogP contribution is 2.24. The molecule has 2 N–H and O–H groups in total. The zero-order valence-electron chi connectivity index (χ0n) is 8.20. The molecule has 1 aromatic carbocycles. The van der Waals surface area contributed by atoms with Gasteiger partial charge in [-0.25, -0.2) is 4.79 Å². The van der Waals surface area contributed by atoms with Crippen LogP contribution in [0, 0.1) is 0 Å². The molecular weight excluding hydrogens is 216 g/mol. The molecule has 3 nitrogen and oxygen atoms in total. The number of carbonyl (C=O) groups is 1. The topological polar surface area (TPSA) is 57.5 Å². The van der Waals surface area contributed by atoms with Gasteiger partial charge in [-0.1, -0.05) is 24.6 Å². The molecule has 0 saturated heterocycles. The van der Waals surface area contributed by atoms with E-state index in [2.05, 4.69) is 0 Å².